The smallest absolute Gasteiger partial charge is 0.132 e. The van der Waals surface area contributed by atoms with E-state index in [1.807, 2.05) is 0 Å². The summed E-state index contributed by atoms with van der Waals surface area (Å²) in [6.45, 7) is 4.50. The van der Waals surface area contributed by atoms with Gasteiger partial charge in [0.15, 0.2) is 0 Å². The van der Waals surface area contributed by atoms with Crippen LogP contribution in [0.2, 0.25) is 0 Å². The molecule has 0 saturated carbocycles. The van der Waals surface area contributed by atoms with Gasteiger partial charge >= 0.3 is 0 Å². The van der Waals surface area contributed by atoms with Crippen molar-refractivity contribution in [2.24, 2.45) is 0 Å². The molecule has 0 aliphatic heterocycles. The van der Waals surface area contributed by atoms with Gasteiger partial charge in [-0.3, -0.25) is 4.79 Å². The first-order valence-corrected chi connectivity index (χ1v) is 15.8. The number of unbranched alkanes of at least 4 members (excludes halogenated alkanes) is 25. The fourth-order valence-corrected chi connectivity index (χ4v) is 4.98. The molecule has 198 valence electrons. The molecule has 0 aliphatic rings. The van der Waals surface area contributed by atoms with Crippen molar-refractivity contribution >= 4 is 5.78 Å². The van der Waals surface area contributed by atoms with Gasteiger partial charge in [-0.1, -0.05) is 174 Å². The van der Waals surface area contributed by atoms with Crippen molar-refractivity contribution in [3.05, 3.63) is 0 Å². The van der Waals surface area contributed by atoms with Gasteiger partial charge in [0.25, 0.3) is 0 Å². The summed E-state index contributed by atoms with van der Waals surface area (Å²) in [7, 11) is 0. The van der Waals surface area contributed by atoms with Crippen LogP contribution in [0.4, 0.5) is 0 Å². The lowest BCUT2D eigenvalue weighted by Gasteiger charge is -2.04. The van der Waals surface area contributed by atoms with Crippen LogP contribution >= 0.6 is 0 Å². The van der Waals surface area contributed by atoms with Gasteiger partial charge in [0.1, 0.15) is 5.78 Å². The Kier molecular flexibility index (Phi) is 29.4. The maximum Gasteiger partial charge on any atom is 0.132 e. The van der Waals surface area contributed by atoms with Gasteiger partial charge in [0, 0.05) is 12.8 Å². The first-order chi connectivity index (χ1) is 16.3. The predicted octanol–water partition coefficient (Wildman–Crippen LogP) is 11.9. The molecular formula is C32H64O. The number of hydrogen-bond donors (Lipinski definition) is 0. The molecule has 0 fully saturated rings. The highest BCUT2D eigenvalue weighted by atomic mass is 16.1. The molecule has 0 radical (unpaired) electrons. The van der Waals surface area contributed by atoms with E-state index in [0.717, 1.165) is 25.7 Å². The molecule has 1 heteroatoms. The van der Waals surface area contributed by atoms with Crippen LogP contribution in [0.1, 0.15) is 200 Å². The zero-order chi connectivity index (χ0) is 24.1. The van der Waals surface area contributed by atoms with Crippen molar-refractivity contribution in [1.29, 1.82) is 0 Å². The highest BCUT2D eigenvalue weighted by Gasteiger charge is 2.01. The fourth-order valence-electron chi connectivity index (χ4n) is 4.98. The molecule has 0 heterocycles. The Balaban J connectivity index is 3.06. The van der Waals surface area contributed by atoms with Gasteiger partial charge in [-0.05, 0) is 12.8 Å². The molecule has 0 spiro atoms. The Hall–Kier alpha value is -0.330. The third kappa shape index (κ3) is 29.6. The Morgan fingerprint density at radius 3 is 0.758 bits per heavy atom. The summed E-state index contributed by atoms with van der Waals surface area (Å²) in [6, 6.07) is 0. The highest BCUT2D eigenvalue weighted by molar-refractivity contribution is 5.78. The quantitative estimate of drug-likeness (QED) is 0.101. The van der Waals surface area contributed by atoms with Gasteiger partial charge in [0.2, 0.25) is 0 Å². The number of Topliss-reactive ketones (excluding diaryl/α,β-unsaturated/α-hetero) is 1. The Morgan fingerprint density at radius 2 is 0.485 bits per heavy atom. The number of carbonyl (C=O) groups is 1. The second-order valence-electron chi connectivity index (χ2n) is 10.9. The molecule has 0 unspecified atom stereocenters. The Labute approximate surface area is 210 Å². The average Bonchev–Trinajstić information content (AvgIpc) is 2.82. The molecule has 0 bridgehead atoms. The van der Waals surface area contributed by atoms with Crippen molar-refractivity contribution in [3.8, 4) is 0 Å². The summed E-state index contributed by atoms with van der Waals surface area (Å²) in [5.74, 6) is 0.502. The van der Waals surface area contributed by atoms with E-state index >= 15 is 0 Å². The van der Waals surface area contributed by atoms with E-state index in [2.05, 4.69) is 13.8 Å². The molecular weight excluding hydrogens is 400 g/mol. The molecule has 1 nitrogen and oxygen atoms in total. The van der Waals surface area contributed by atoms with Crippen LogP contribution in [-0.4, -0.2) is 5.78 Å². The van der Waals surface area contributed by atoms with E-state index < -0.39 is 0 Å². The van der Waals surface area contributed by atoms with Crippen LogP contribution in [0.25, 0.3) is 0 Å². The number of carbonyl (C=O) groups excluding carboxylic acids is 1. The summed E-state index contributed by atoms with van der Waals surface area (Å²) in [6.07, 6.45) is 39.4. The van der Waals surface area contributed by atoms with Crippen molar-refractivity contribution in [2.45, 2.75) is 200 Å². The molecule has 0 aliphatic carbocycles. The maximum atomic E-state index is 11.7. The standard InChI is InChI=1S/C32H64O/c1-3-5-7-8-9-10-11-12-13-14-15-16-17-18-19-20-21-22-23-24-25-26-27-29-31-32(33)30-28-6-4-2/h3-31H2,1-2H3. The van der Waals surface area contributed by atoms with E-state index in [4.69, 9.17) is 0 Å². The molecule has 0 amide bonds. The van der Waals surface area contributed by atoms with E-state index in [1.54, 1.807) is 0 Å². The monoisotopic (exact) mass is 464 g/mol. The third-order valence-corrected chi connectivity index (χ3v) is 7.37. The minimum absolute atomic E-state index is 0.502. The molecule has 0 saturated heterocycles. The van der Waals surface area contributed by atoms with E-state index in [-0.39, 0.29) is 0 Å². The summed E-state index contributed by atoms with van der Waals surface area (Å²) in [5.41, 5.74) is 0. The van der Waals surface area contributed by atoms with Gasteiger partial charge < -0.3 is 0 Å². The second-order valence-corrected chi connectivity index (χ2v) is 10.9. The van der Waals surface area contributed by atoms with Crippen molar-refractivity contribution in [2.75, 3.05) is 0 Å². The lowest BCUT2D eigenvalue weighted by Crippen LogP contribution is -1.97. The average molecular weight is 465 g/mol. The summed E-state index contributed by atoms with van der Waals surface area (Å²) < 4.78 is 0. The summed E-state index contributed by atoms with van der Waals surface area (Å²) in [4.78, 5) is 11.7. The zero-order valence-corrected chi connectivity index (χ0v) is 23.4. The molecule has 0 aromatic heterocycles. The maximum absolute atomic E-state index is 11.7. The van der Waals surface area contributed by atoms with Crippen LogP contribution in [0.3, 0.4) is 0 Å². The highest BCUT2D eigenvalue weighted by Crippen LogP contribution is 2.16. The molecule has 0 aromatic carbocycles. The minimum atomic E-state index is 0.502. The normalized spacial score (nSPS) is 11.3. The molecule has 0 aromatic rings. The van der Waals surface area contributed by atoms with E-state index in [1.165, 1.54) is 161 Å². The molecule has 0 N–H and O–H groups in total. The van der Waals surface area contributed by atoms with Gasteiger partial charge in [-0.2, -0.15) is 0 Å². The first kappa shape index (κ1) is 32.7. The van der Waals surface area contributed by atoms with Crippen LogP contribution in [0.15, 0.2) is 0 Å². The van der Waals surface area contributed by atoms with E-state index in [0.29, 0.717) is 5.78 Å². The SMILES string of the molecule is CCCCCCCCCCCCCCCCCCCCCCCCCCC(=O)CCCCC. The van der Waals surface area contributed by atoms with Gasteiger partial charge in [-0.15, -0.1) is 0 Å². The third-order valence-electron chi connectivity index (χ3n) is 7.37. The zero-order valence-electron chi connectivity index (χ0n) is 23.4. The van der Waals surface area contributed by atoms with Crippen molar-refractivity contribution < 1.29 is 4.79 Å². The lowest BCUT2D eigenvalue weighted by molar-refractivity contribution is -0.119. The molecule has 0 rings (SSSR count). The van der Waals surface area contributed by atoms with Gasteiger partial charge in [0.05, 0.1) is 0 Å². The van der Waals surface area contributed by atoms with Crippen LogP contribution in [0, 0.1) is 0 Å². The second kappa shape index (κ2) is 29.7. The predicted molar refractivity (Wildman–Crippen MR) is 150 cm³/mol. The van der Waals surface area contributed by atoms with Crippen LogP contribution < -0.4 is 0 Å². The molecule has 33 heavy (non-hydrogen) atoms. The van der Waals surface area contributed by atoms with E-state index in [9.17, 15) is 4.79 Å². The van der Waals surface area contributed by atoms with Gasteiger partial charge in [-0.25, -0.2) is 0 Å². The van der Waals surface area contributed by atoms with Crippen LogP contribution in [0.5, 0.6) is 0 Å². The Morgan fingerprint density at radius 1 is 0.303 bits per heavy atom. The minimum Gasteiger partial charge on any atom is -0.300 e. The summed E-state index contributed by atoms with van der Waals surface area (Å²) >= 11 is 0. The number of rotatable bonds is 29. The number of ketones is 1. The fraction of sp³-hybridized carbons (Fsp3) is 0.969. The summed E-state index contributed by atoms with van der Waals surface area (Å²) in [5, 5.41) is 0. The number of hydrogen-bond acceptors (Lipinski definition) is 1. The van der Waals surface area contributed by atoms with Crippen molar-refractivity contribution in [1.82, 2.24) is 0 Å². The lowest BCUT2D eigenvalue weighted by atomic mass is 10.0. The van der Waals surface area contributed by atoms with Crippen LogP contribution in [-0.2, 0) is 4.79 Å². The molecule has 0 atom stereocenters. The first-order valence-electron chi connectivity index (χ1n) is 15.8. The Bertz CT molecular complexity index is 362. The largest absolute Gasteiger partial charge is 0.300 e. The van der Waals surface area contributed by atoms with Crippen molar-refractivity contribution in [3.63, 3.8) is 0 Å². The topological polar surface area (TPSA) is 17.1 Å².